The van der Waals surface area contributed by atoms with Crippen molar-refractivity contribution in [1.82, 2.24) is 4.90 Å². The van der Waals surface area contributed by atoms with Crippen LogP contribution in [0.15, 0.2) is 42.5 Å². The highest BCUT2D eigenvalue weighted by atomic mass is 19.2. The topological polar surface area (TPSA) is 57.6 Å². The lowest BCUT2D eigenvalue weighted by Gasteiger charge is -2.17. The summed E-state index contributed by atoms with van der Waals surface area (Å²) in [5, 5.41) is 8.89. The number of halogens is 2. The molecule has 1 amide bonds. The number of hydrogen-bond acceptors (Lipinski definition) is 2. The Morgan fingerprint density at radius 3 is 2.40 bits per heavy atom. The van der Waals surface area contributed by atoms with Crippen molar-refractivity contribution in [3.63, 3.8) is 0 Å². The Labute approximate surface area is 143 Å². The van der Waals surface area contributed by atoms with E-state index < -0.39 is 17.6 Å². The van der Waals surface area contributed by atoms with Gasteiger partial charge in [-0.2, -0.15) is 0 Å². The van der Waals surface area contributed by atoms with Gasteiger partial charge in [0, 0.05) is 19.5 Å². The van der Waals surface area contributed by atoms with Crippen molar-refractivity contribution in [3.8, 4) is 0 Å². The summed E-state index contributed by atoms with van der Waals surface area (Å²) in [4.78, 5) is 24.9. The summed E-state index contributed by atoms with van der Waals surface area (Å²) < 4.78 is 26.3. The first-order valence-electron chi connectivity index (χ1n) is 7.89. The maximum Gasteiger partial charge on any atom is 0.335 e. The Balaban J connectivity index is 1.61. The average Bonchev–Trinajstić information content (AvgIpc) is 3.37. The molecule has 0 spiro atoms. The molecule has 0 bridgehead atoms. The van der Waals surface area contributed by atoms with E-state index in [0.29, 0.717) is 18.5 Å². The minimum Gasteiger partial charge on any atom is -0.478 e. The fraction of sp³-hybridized carbons (Fsp3) is 0.263. The highest BCUT2D eigenvalue weighted by molar-refractivity contribution is 5.87. The monoisotopic (exact) mass is 345 g/mol. The van der Waals surface area contributed by atoms with Gasteiger partial charge in [0.1, 0.15) is 0 Å². The van der Waals surface area contributed by atoms with Gasteiger partial charge in [0.2, 0.25) is 5.91 Å². The third-order valence-electron chi connectivity index (χ3n) is 4.48. The number of benzene rings is 2. The fourth-order valence-electron chi connectivity index (χ4n) is 2.97. The van der Waals surface area contributed by atoms with Crippen molar-refractivity contribution in [2.75, 3.05) is 7.05 Å². The summed E-state index contributed by atoms with van der Waals surface area (Å²) in [6.45, 7) is 0.361. The molecule has 2 unspecified atom stereocenters. The van der Waals surface area contributed by atoms with Crippen LogP contribution in [-0.2, 0) is 11.3 Å². The largest absolute Gasteiger partial charge is 0.478 e. The third kappa shape index (κ3) is 3.68. The molecule has 1 aliphatic rings. The Hall–Kier alpha value is -2.76. The second kappa shape index (κ2) is 6.63. The predicted octanol–water partition coefficient (Wildman–Crippen LogP) is 3.43. The average molecular weight is 345 g/mol. The number of amides is 1. The molecule has 2 aromatic rings. The lowest BCUT2D eigenvalue weighted by atomic mass is 10.1. The molecule has 0 aromatic heterocycles. The third-order valence-corrected chi connectivity index (χ3v) is 4.48. The van der Waals surface area contributed by atoms with Crippen LogP contribution in [0.2, 0.25) is 0 Å². The van der Waals surface area contributed by atoms with Gasteiger partial charge in [-0.1, -0.05) is 18.2 Å². The van der Waals surface area contributed by atoms with Gasteiger partial charge < -0.3 is 10.0 Å². The van der Waals surface area contributed by atoms with E-state index in [-0.39, 0.29) is 23.3 Å². The molecule has 25 heavy (non-hydrogen) atoms. The lowest BCUT2D eigenvalue weighted by Crippen LogP contribution is -2.28. The van der Waals surface area contributed by atoms with Crippen LogP contribution >= 0.6 is 0 Å². The standard InChI is InChI=1S/C19H17F2NO3/c1-22(10-11-2-4-12(5-3-11)19(24)25)18(23)15-9-14(15)13-6-7-16(20)17(21)8-13/h2-8,14-15H,9-10H2,1H3,(H,24,25). The first-order valence-corrected chi connectivity index (χ1v) is 7.89. The molecule has 0 aliphatic heterocycles. The van der Waals surface area contributed by atoms with Gasteiger partial charge in [0.15, 0.2) is 11.6 Å². The summed E-state index contributed by atoms with van der Waals surface area (Å²) in [6.07, 6.45) is 0.617. The van der Waals surface area contributed by atoms with Crippen molar-refractivity contribution in [2.24, 2.45) is 5.92 Å². The predicted molar refractivity (Wildman–Crippen MR) is 87.1 cm³/mol. The zero-order valence-electron chi connectivity index (χ0n) is 13.6. The molecule has 4 nitrogen and oxygen atoms in total. The summed E-state index contributed by atoms with van der Waals surface area (Å²) in [5.41, 5.74) is 1.65. The Bertz CT molecular complexity index is 820. The molecular weight excluding hydrogens is 328 g/mol. The Morgan fingerprint density at radius 1 is 1.12 bits per heavy atom. The molecule has 2 aromatic carbocycles. The molecule has 1 aliphatic carbocycles. The Kier molecular flexibility index (Phi) is 4.53. The van der Waals surface area contributed by atoms with Crippen LogP contribution in [-0.4, -0.2) is 28.9 Å². The number of nitrogens with zero attached hydrogens (tertiary/aromatic N) is 1. The van der Waals surface area contributed by atoms with E-state index in [1.165, 1.54) is 18.2 Å². The SMILES string of the molecule is CN(Cc1ccc(C(=O)O)cc1)C(=O)C1CC1c1ccc(F)c(F)c1. The second-order valence-electron chi connectivity index (χ2n) is 6.32. The van der Waals surface area contributed by atoms with E-state index >= 15 is 0 Å². The summed E-state index contributed by atoms with van der Waals surface area (Å²) in [5.74, 6) is -3.16. The normalized spacial score (nSPS) is 18.7. The van der Waals surface area contributed by atoms with E-state index in [1.54, 1.807) is 24.1 Å². The van der Waals surface area contributed by atoms with E-state index in [0.717, 1.165) is 17.7 Å². The maximum atomic E-state index is 13.3. The van der Waals surface area contributed by atoms with Crippen LogP contribution in [0.1, 0.15) is 33.8 Å². The Morgan fingerprint density at radius 2 is 1.80 bits per heavy atom. The van der Waals surface area contributed by atoms with Gasteiger partial charge in [0.05, 0.1) is 5.56 Å². The molecule has 2 atom stereocenters. The number of carbonyl (C=O) groups excluding carboxylic acids is 1. The van der Waals surface area contributed by atoms with Crippen molar-refractivity contribution >= 4 is 11.9 Å². The molecule has 0 saturated heterocycles. The minimum atomic E-state index is -0.997. The van der Waals surface area contributed by atoms with Crippen LogP contribution in [0.4, 0.5) is 8.78 Å². The van der Waals surface area contributed by atoms with E-state index in [2.05, 4.69) is 0 Å². The van der Waals surface area contributed by atoms with Gasteiger partial charge in [-0.25, -0.2) is 13.6 Å². The number of rotatable bonds is 5. The first-order chi connectivity index (χ1) is 11.9. The molecule has 6 heteroatoms. The molecule has 1 saturated carbocycles. The number of hydrogen-bond donors (Lipinski definition) is 1. The summed E-state index contributed by atoms with van der Waals surface area (Å²) >= 11 is 0. The van der Waals surface area contributed by atoms with Crippen LogP contribution in [0.3, 0.4) is 0 Å². The van der Waals surface area contributed by atoms with E-state index in [4.69, 9.17) is 5.11 Å². The molecule has 1 fully saturated rings. The second-order valence-corrected chi connectivity index (χ2v) is 6.32. The van der Waals surface area contributed by atoms with Crippen LogP contribution < -0.4 is 0 Å². The van der Waals surface area contributed by atoms with Gasteiger partial charge in [0.25, 0.3) is 0 Å². The lowest BCUT2D eigenvalue weighted by molar-refractivity contribution is -0.131. The first kappa shape index (κ1) is 17.1. The van der Waals surface area contributed by atoms with Gasteiger partial charge in [-0.05, 0) is 47.7 Å². The molecule has 0 heterocycles. The van der Waals surface area contributed by atoms with Gasteiger partial charge in [-0.15, -0.1) is 0 Å². The number of carbonyl (C=O) groups is 2. The number of carboxylic acid groups (broad SMARTS) is 1. The molecule has 1 N–H and O–H groups in total. The van der Waals surface area contributed by atoms with Gasteiger partial charge in [-0.3, -0.25) is 4.79 Å². The highest BCUT2D eigenvalue weighted by Gasteiger charge is 2.45. The van der Waals surface area contributed by atoms with Crippen molar-refractivity contribution in [1.29, 1.82) is 0 Å². The smallest absolute Gasteiger partial charge is 0.335 e. The van der Waals surface area contributed by atoms with Gasteiger partial charge >= 0.3 is 5.97 Å². The van der Waals surface area contributed by atoms with Crippen LogP contribution in [0, 0.1) is 17.6 Å². The van der Waals surface area contributed by atoms with E-state index in [1.807, 2.05) is 0 Å². The molecule has 130 valence electrons. The molecule has 3 rings (SSSR count). The number of aromatic carboxylic acids is 1. The summed E-state index contributed by atoms with van der Waals surface area (Å²) in [6, 6.07) is 10.1. The summed E-state index contributed by atoms with van der Waals surface area (Å²) in [7, 11) is 1.67. The van der Waals surface area contributed by atoms with Crippen LogP contribution in [0.5, 0.6) is 0 Å². The quantitative estimate of drug-likeness (QED) is 0.903. The van der Waals surface area contributed by atoms with Crippen molar-refractivity contribution < 1.29 is 23.5 Å². The van der Waals surface area contributed by atoms with Crippen molar-refractivity contribution in [3.05, 3.63) is 70.8 Å². The fourth-order valence-corrected chi connectivity index (χ4v) is 2.97. The van der Waals surface area contributed by atoms with E-state index in [9.17, 15) is 18.4 Å². The minimum absolute atomic E-state index is 0.0583. The van der Waals surface area contributed by atoms with Crippen molar-refractivity contribution in [2.45, 2.75) is 18.9 Å². The zero-order chi connectivity index (χ0) is 18.1. The maximum absolute atomic E-state index is 13.3. The molecular formula is C19H17F2NO3. The highest BCUT2D eigenvalue weighted by Crippen LogP contribution is 2.48. The van der Waals surface area contributed by atoms with Crippen LogP contribution in [0.25, 0.3) is 0 Å². The number of carboxylic acids is 1. The molecule has 0 radical (unpaired) electrons. The zero-order valence-corrected chi connectivity index (χ0v) is 13.6.